The molecule has 0 aromatic heterocycles. The maximum atomic E-state index is 3.81. The summed E-state index contributed by atoms with van der Waals surface area (Å²) in [6, 6.07) is 1.72. The van der Waals surface area contributed by atoms with Gasteiger partial charge in [0, 0.05) is 12.1 Å². The first kappa shape index (κ1) is 20.0. The third-order valence-corrected chi connectivity index (χ3v) is 6.32. The third kappa shape index (κ3) is 7.02. The molecule has 0 amide bonds. The van der Waals surface area contributed by atoms with Crippen molar-refractivity contribution in [2.75, 3.05) is 0 Å². The maximum Gasteiger partial charge on any atom is 0.00979 e. The number of hydrogen-bond acceptors (Lipinski definition) is 1. The van der Waals surface area contributed by atoms with Crippen molar-refractivity contribution in [3.8, 4) is 0 Å². The molecule has 0 spiro atoms. The van der Waals surface area contributed by atoms with Crippen LogP contribution in [-0.2, 0) is 0 Å². The molecule has 1 heterocycles. The largest absolute Gasteiger partial charge is 0.311 e. The van der Waals surface area contributed by atoms with Crippen LogP contribution in [0.2, 0.25) is 0 Å². The number of nitrogens with one attached hydrogen (secondary N) is 1. The molecule has 4 atom stereocenters. The van der Waals surface area contributed by atoms with E-state index in [1.807, 2.05) is 0 Å². The molecule has 0 aromatic rings. The van der Waals surface area contributed by atoms with E-state index in [4.69, 9.17) is 0 Å². The summed E-state index contributed by atoms with van der Waals surface area (Å²) in [5, 5.41) is 3.81. The number of fused-ring (bicyclic) bond motifs is 1. The second-order valence-corrected chi connectivity index (χ2v) is 7.93. The van der Waals surface area contributed by atoms with Gasteiger partial charge in [-0.2, -0.15) is 0 Å². The number of piperidine rings is 1. The van der Waals surface area contributed by atoms with Gasteiger partial charge in [-0.25, -0.2) is 0 Å². The van der Waals surface area contributed by atoms with Crippen LogP contribution in [0.15, 0.2) is 0 Å². The summed E-state index contributed by atoms with van der Waals surface area (Å²) in [6.07, 6.45) is 15.6. The highest BCUT2D eigenvalue weighted by Gasteiger charge is 2.30. The van der Waals surface area contributed by atoms with E-state index in [0.717, 1.165) is 29.8 Å². The molecule has 2 fully saturated rings. The average Bonchev–Trinajstić information content (AvgIpc) is 2.59. The fraction of sp³-hybridized carbons (Fsp3) is 1.00. The Hall–Kier alpha value is -0.0400. The van der Waals surface area contributed by atoms with Crippen LogP contribution in [0.4, 0.5) is 0 Å². The van der Waals surface area contributed by atoms with E-state index in [9.17, 15) is 0 Å². The number of rotatable bonds is 6. The van der Waals surface area contributed by atoms with Crippen molar-refractivity contribution >= 4 is 0 Å². The Balaban J connectivity index is 0.000000225. The fourth-order valence-corrected chi connectivity index (χ4v) is 4.25. The highest BCUT2D eigenvalue weighted by Crippen LogP contribution is 2.32. The van der Waals surface area contributed by atoms with Gasteiger partial charge in [0.05, 0.1) is 0 Å². The fourth-order valence-electron chi connectivity index (χ4n) is 4.25. The first-order valence-corrected chi connectivity index (χ1v) is 10.4. The van der Waals surface area contributed by atoms with Gasteiger partial charge in [0.1, 0.15) is 0 Å². The monoisotopic (exact) mass is 309 g/mol. The molecule has 1 heteroatoms. The third-order valence-electron chi connectivity index (χ3n) is 6.32. The van der Waals surface area contributed by atoms with E-state index in [1.54, 1.807) is 0 Å². The van der Waals surface area contributed by atoms with Crippen LogP contribution in [0.1, 0.15) is 105 Å². The lowest BCUT2D eigenvalue weighted by Gasteiger charge is -2.40. The minimum atomic E-state index is 0.837. The van der Waals surface area contributed by atoms with Gasteiger partial charge in [-0.05, 0) is 56.3 Å². The van der Waals surface area contributed by atoms with Crippen LogP contribution in [0.5, 0.6) is 0 Å². The molecule has 0 radical (unpaired) electrons. The second kappa shape index (κ2) is 11.5. The summed E-state index contributed by atoms with van der Waals surface area (Å²) in [7, 11) is 0. The summed E-state index contributed by atoms with van der Waals surface area (Å²) in [6.45, 7) is 11.6. The van der Waals surface area contributed by atoms with E-state index in [1.165, 1.54) is 70.6 Å². The van der Waals surface area contributed by atoms with Gasteiger partial charge in [-0.1, -0.05) is 66.7 Å². The van der Waals surface area contributed by atoms with Crippen molar-refractivity contribution in [3.63, 3.8) is 0 Å². The molecule has 132 valence electrons. The topological polar surface area (TPSA) is 12.0 Å². The summed E-state index contributed by atoms with van der Waals surface area (Å²) >= 11 is 0. The van der Waals surface area contributed by atoms with Crippen LogP contribution >= 0.6 is 0 Å². The van der Waals surface area contributed by atoms with Gasteiger partial charge < -0.3 is 5.32 Å². The molecule has 2 aliphatic rings. The van der Waals surface area contributed by atoms with E-state index in [-0.39, 0.29) is 0 Å². The molecule has 1 saturated carbocycles. The second-order valence-electron chi connectivity index (χ2n) is 7.93. The highest BCUT2D eigenvalue weighted by molar-refractivity contribution is 4.88. The molecule has 1 saturated heterocycles. The SMILES string of the molecule is CCC(C)CC(CC)CC.CCC1CCC2CCCCC2N1. The van der Waals surface area contributed by atoms with Gasteiger partial charge in [-0.3, -0.25) is 0 Å². The van der Waals surface area contributed by atoms with Crippen molar-refractivity contribution in [2.45, 2.75) is 117 Å². The summed E-state index contributed by atoms with van der Waals surface area (Å²) < 4.78 is 0. The maximum absolute atomic E-state index is 3.81. The zero-order valence-corrected chi connectivity index (χ0v) is 16.2. The average molecular weight is 310 g/mol. The summed E-state index contributed by atoms with van der Waals surface area (Å²) in [5.74, 6) is 2.95. The minimum absolute atomic E-state index is 0.837. The molecule has 1 aliphatic carbocycles. The molecule has 22 heavy (non-hydrogen) atoms. The van der Waals surface area contributed by atoms with Crippen LogP contribution in [0, 0.1) is 17.8 Å². The van der Waals surface area contributed by atoms with E-state index in [0.29, 0.717) is 0 Å². The highest BCUT2D eigenvalue weighted by atomic mass is 15.0. The molecule has 1 nitrogen and oxygen atoms in total. The summed E-state index contributed by atoms with van der Waals surface area (Å²) in [4.78, 5) is 0. The Morgan fingerprint density at radius 2 is 1.55 bits per heavy atom. The molecule has 1 aliphatic heterocycles. The van der Waals surface area contributed by atoms with E-state index < -0.39 is 0 Å². The van der Waals surface area contributed by atoms with E-state index >= 15 is 0 Å². The predicted molar refractivity (Wildman–Crippen MR) is 100 cm³/mol. The van der Waals surface area contributed by atoms with Crippen LogP contribution in [0.25, 0.3) is 0 Å². The number of hydrogen-bond donors (Lipinski definition) is 1. The molecular weight excluding hydrogens is 266 g/mol. The standard InChI is InChI=1S/C11H21N.C10H22/c1-2-10-8-7-9-5-3-4-6-11(9)12-10;1-5-9(4)8-10(6-2)7-3/h9-12H,2-8H2,1H3;9-10H,5-8H2,1-4H3. The van der Waals surface area contributed by atoms with Crippen LogP contribution < -0.4 is 5.32 Å². The van der Waals surface area contributed by atoms with Gasteiger partial charge in [0.2, 0.25) is 0 Å². The van der Waals surface area contributed by atoms with Crippen molar-refractivity contribution < 1.29 is 0 Å². The molecular formula is C21H43N. The zero-order chi connectivity index (χ0) is 16.4. The Morgan fingerprint density at radius 3 is 2.14 bits per heavy atom. The quantitative estimate of drug-likeness (QED) is 0.585. The van der Waals surface area contributed by atoms with Crippen molar-refractivity contribution in [1.29, 1.82) is 0 Å². The minimum Gasteiger partial charge on any atom is -0.311 e. The van der Waals surface area contributed by atoms with Crippen LogP contribution in [0.3, 0.4) is 0 Å². The zero-order valence-electron chi connectivity index (χ0n) is 16.2. The van der Waals surface area contributed by atoms with Crippen molar-refractivity contribution in [1.82, 2.24) is 5.32 Å². The lowest BCUT2D eigenvalue weighted by atomic mass is 9.77. The molecule has 2 rings (SSSR count). The Bertz CT molecular complexity index is 259. The Kier molecular flexibility index (Phi) is 10.4. The molecule has 0 bridgehead atoms. The predicted octanol–water partition coefficient (Wildman–Crippen LogP) is 6.57. The molecule has 0 aromatic carbocycles. The Labute approximate surface area is 141 Å². The normalized spacial score (nSPS) is 29.5. The van der Waals surface area contributed by atoms with Crippen molar-refractivity contribution in [3.05, 3.63) is 0 Å². The molecule has 4 unspecified atom stereocenters. The first-order valence-electron chi connectivity index (χ1n) is 10.4. The van der Waals surface area contributed by atoms with E-state index in [2.05, 4.69) is 39.9 Å². The smallest absolute Gasteiger partial charge is 0.00979 e. The lowest BCUT2D eigenvalue weighted by Crippen LogP contribution is -2.48. The Morgan fingerprint density at radius 1 is 0.864 bits per heavy atom. The van der Waals surface area contributed by atoms with Gasteiger partial charge >= 0.3 is 0 Å². The summed E-state index contributed by atoms with van der Waals surface area (Å²) in [5.41, 5.74) is 0. The lowest BCUT2D eigenvalue weighted by molar-refractivity contribution is 0.174. The van der Waals surface area contributed by atoms with Crippen molar-refractivity contribution in [2.24, 2.45) is 17.8 Å². The first-order chi connectivity index (χ1) is 10.6. The van der Waals surface area contributed by atoms with Gasteiger partial charge in [0.25, 0.3) is 0 Å². The van der Waals surface area contributed by atoms with Gasteiger partial charge in [0.15, 0.2) is 0 Å². The van der Waals surface area contributed by atoms with Gasteiger partial charge in [-0.15, -0.1) is 0 Å². The molecule has 1 N–H and O–H groups in total. The van der Waals surface area contributed by atoms with Crippen LogP contribution in [-0.4, -0.2) is 12.1 Å².